The molecular formula is C8H10O5S2. The normalized spacial score (nSPS) is 25.6. The van der Waals surface area contributed by atoms with Gasteiger partial charge in [-0.15, -0.1) is 11.8 Å². The lowest BCUT2D eigenvalue weighted by Crippen LogP contribution is -2.43. The number of carboxylic acids is 1. The van der Waals surface area contributed by atoms with Crippen molar-refractivity contribution in [3.05, 3.63) is 10.7 Å². The molecule has 0 spiro atoms. The van der Waals surface area contributed by atoms with Gasteiger partial charge in [0, 0.05) is 5.75 Å². The number of carbonyl (C=O) groups excluding carboxylic acids is 1. The molecule has 0 bridgehead atoms. The first-order chi connectivity index (χ1) is 6.99. The van der Waals surface area contributed by atoms with Crippen LogP contribution in [-0.2, 0) is 14.3 Å². The van der Waals surface area contributed by atoms with E-state index in [0.29, 0.717) is 0 Å². The Morgan fingerprint density at radius 1 is 1.53 bits per heavy atom. The maximum atomic E-state index is 11.1. The maximum Gasteiger partial charge on any atom is 0.375 e. The minimum Gasteiger partial charge on any atom is -0.501 e. The molecule has 1 unspecified atom stereocenters. The molecule has 1 rings (SSSR count). The van der Waals surface area contributed by atoms with Crippen molar-refractivity contribution in [2.24, 2.45) is 0 Å². The van der Waals surface area contributed by atoms with Crippen LogP contribution in [0.4, 0.5) is 0 Å². The van der Waals surface area contributed by atoms with E-state index < -0.39 is 23.3 Å². The number of hydrogen-bond acceptors (Lipinski definition) is 6. The predicted octanol–water partition coefficient (Wildman–Crippen LogP) is 0.862. The summed E-state index contributed by atoms with van der Waals surface area (Å²) in [6, 6.07) is 0. The number of aliphatic carboxylic acids is 1. The standard InChI is InChI=1S/C8H10O5S2/c1-14-3-8(7(11)12)5(15-2)4(9)6(10)13-8/h9H,3H2,1-2H3,(H,11,12). The second-order valence-corrected chi connectivity index (χ2v) is 4.52. The van der Waals surface area contributed by atoms with E-state index >= 15 is 0 Å². The zero-order valence-electron chi connectivity index (χ0n) is 8.14. The lowest BCUT2D eigenvalue weighted by atomic mass is 10.1. The van der Waals surface area contributed by atoms with Crippen LogP contribution in [0.1, 0.15) is 0 Å². The van der Waals surface area contributed by atoms with Crippen molar-refractivity contribution < 1.29 is 24.5 Å². The van der Waals surface area contributed by atoms with Crippen LogP contribution in [0.15, 0.2) is 10.7 Å². The zero-order chi connectivity index (χ0) is 11.6. The zero-order valence-corrected chi connectivity index (χ0v) is 9.78. The molecule has 0 radical (unpaired) electrons. The number of carbonyl (C=O) groups is 2. The van der Waals surface area contributed by atoms with E-state index in [4.69, 9.17) is 9.84 Å². The van der Waals surface area contributed by atoms with Crippen LogP contribution in [0.2, 0.25) is 0 Å². The molecule has 1 aliphatic heterocycles. The molecule has 0 saturated heterocycles. The van der Waals surface area contributed by atoms with Crippen molar-refractivity contribution in [1.29, 1.82) is 0 Å². The van der Waals surface area contributed by atoms with Gasteiger partial charge in [-0.3, -0.25) is 0 Å². The van der Waals surface area contributed by atoms with Crippen molar-refractivity contribution >= 4 is 35.5 Å². The molecule has 0 aliphatic carbocycles. The third kappa shape index (κ3) is 1.81. The van der Waals surface area contributed by atoms with E-state index in [9.17, 15) is 14.7 Å². The Bertz CT molecular complexity index is 338. The fourth-order valence-corrected chi connectivity index (χ4v) is 2.93. The van der Waals surface area contributed by atoms with Crippen LogP contribution in [-0.4, -0.2) is 46.0 Å². The molecule has 1 heterocycles. The van der Waals surface area contributed by atoms with Crippen molar-refractivity contribution in [3.8, 4) is 0 Å². The SMILES string of the molecule is CSCC1(C(=O)O)OC(=O)C(O)=C1SC. The highest BCUT2D eigenvalue weighted by molar-refractivity contribution is 8.02. The van der Waals surface area contributed by atoms with Crippen LogP contribution in [0.3, 0.4) is 0 Å². The van der Waals surface area contributed by atoms with Gasteiger partial charge in [-0.25, -0.2) is 9.59 Å². The largest absolute Gasteiger partial charge is 0.501 e. The number of cyclic esters (lactones) is 1. The topological polar surface area (TPSA) is 83.8 Å². The summed E-state index contributed by atoms with van der Waals surface area (Å²) in [5.74, 6) is -2.76. The van der Waals surface area contributed by atoms with Crippen molar-refractivity contribution in [1.82, 2.24) is 0 Å². The van der Waals surface area contributed by atoms with Gasteiger partial charge in [0.25, 0.3) is 5.60 Å². The molecule has 5 nitrogen and oxygen atoms in total. The summed E-state index contributed by atoms with van der Waals surface area (Å²) < 4.78 is 4.76. The average Bonchev–Trinajstić information content (AvgIpc) is 2.41. The summed E-state index contributed by atoms with van der Waals surface area (Å²) in [6.45, 7) is 0. The predicted molar refractivity (Wildman–Crippen MR) is 58.0 cm³/mol. The Kier molecular flexibility index (Phi) is 3.56. The highest BCUT2D eigenvalue weighted by Gasteiger charge is 2.54. The van der Waals surface area contributed by atoms with Crippen molar-refractivity contribution in [2.75, 3.05) is 18.3 Å². The molecule has 15 heavy (non-hydrogen) atoms. The first-order valence-electron chi connectivity index (χ1n) is 3.93. The van der Waals surface area contributed by atoms with Gasteiger partial charge >= 0.3 is 11.9 Å². The van der Waals surface area contributed by atoms with Crippen LogP contribution in [0.5, 0.6) is 0 Å². The summed E-state index contributed by atoms with van der Waals surface area (Å²) in [4.78, 5) is 22.3. The van der Waals surface area contributed by atoms with Crippen molar-refractivity contribution in [2.45, 2.75) is 5.60 Å². The second kappa shape index (κ2) is 4.36. The number of carboxylic acid groups (broad SMARTS) is 1. The van der Waals surface area contributed by atoms with Crippen LogP contribution < -0.4 is 0 Å². The number of esters is 1. The second-order valence-electron chi connectivity index (χ2n) is 2.84. The highest BCUT2D eigenvalue weighted by atomic mass is 32.2. The Labute approximate surface area is 94.9 Å². The summed E-state index contributed by atoms with van der Waals surface area (Å²) in [5, 5.41) is 18.5. The Morgan fingerprint density at radius 2 is 2.13 bits per heavy atom. The third-order valence-electron chi connectivity index (χ3n) is 1.94. The number of ether oxygens (including phenoxy) is 1. The number of thioether (sulfide) groups is 2. The van der Waals surface area contributed by atoms with Gasteiger partial charge in [-0.05, 0) is 12.5 Å². The first-order valence-corrected chi connectivity index (χ1v) is 6.55. The molecule has 7 heteroatoms. The van der Waals surface area contributed by atoms with Gasteiger partial charge in [-0.1, -0.05) is 0 Å². The number of hydrogen-bond donors (Lipinski definition) is 2. The highest BCUT2D eigenvalue weighted by Crippen LogP contribution is 2.40. The van der Waals surface area contributed by atoms with E-state index in [2.05, 4.69) is 0 Å². The van der Waals surface area contributed by atoms with Gasteiger partial charge in [-0.2, -0.15) is 11.8 Å². The van der Waals surface area contributed by atoms with E-state index in [0.717, 1.165) is 11.8 Å². The fraction of sp³-hybridized carbons (Fsp3) is 0.500. The molecule has 0 fully saturated rings. The summed E-state index contributed by atoms with van der Waals surface area (Å²) in [6.07, 6.45) is 3.29. The number of aliphatic hydroxyl groups excluding tert-OH is 1. The molecular weight excluding hydrogens is 240 g/mol. The monoisotopic (exact) mass is 250 g/mol. The molecule has 0 aromatic heterocycles. The van der Waals surface area contributed by atoms with Gasteiger partial charge in [0.1, 0.15) is 0 Å². The fourth-order valence-electron chi connectivity index (χ4n) is 1.30. The molecule has 1 atom stereocenters. The lowest BCUT2D eigenvalue weighted by Gasteiger charge is -2.23. The van der Waals surface area contributed by atoms with Gasteiger partial charge < -0.3 is 14.9 Å². The molecule has 0 aromatic rings. The van der Waals surface area contributed by atoms with Crippen molar-refractivity contribution in [3.63, 3.8) is 0 Å². The molecule has 0 amide bonds. The Balaban J connectivity index is 3.21. The molecule has 1 aliphatic rings. The van der Waals surface area contributed by atoms with E-state index in [1.165, 1.54) is 11.8 Å². The Hall–Kier alpha value is -0.820. The quantitative estimate of drug-likeness (QED) is 0.716. The molecule has 0 aromatic carbocycles. The minimum absolute atomic E-state index is 0.0642. The smallest absolute Gasteiger partial charge is 0.375 e. The third-order valence-corrected chi connectivity index (χ3v) is 3.57. The lowest BCUT2D eigenvalue weighted by molar-refractivity contribution is -0.165. The molecule has 84 valence electrons. The average molecular weight is 250 g/mol. The van der Waals surface area contributed by atoms with Crippen LogP contribution >= 0.6 is 23.5 Å². The van der Waals surface area contributed by atoms with Crippen LogP contribution in [0, 0.1) is 0 Å². The number of rotatable bonds is 4. The minimum atomic E-state index is -1.72. The Morgan fingerprint density at radius 3 is 2.53 bits per heavy atom. The maximum absolute atomic E-state index is 11.1. The van der Waals surface area contributed by atoms with Gasteiger partial charge in [0.2, 0.25) is 5.76 Å². The van der Waals surface area contributed by atoms with E-state index in [-0.39, 0.29) is 10.7 Å². The van der Waals surface area contributed by atoms with Gasteiger partial charge in [0.15, 0.2) is 0 Å². The van der Waals surface area contributed by atoms with E-state index in [1.807, 2.05) is 0 Å². The first kappa shape index (κ1) is 12.3. The van der Waals surface area contributed by atoms with Crippen LogP contribution in [0.25, 0.3) is 0 Å². The molecule has 2 N–H and O–H groups in total. The summed E-state index contributed by atoms with van der Waals surface area (Å²) in [5.41, 5.74) is -1.72. The van der Waals surface area contributed by atoms with E-state index in [1.54, 1.807) is 12.5 Å². The summed E-state index contributed by atoms with van der Waals surface area (Å²) >= 11 is 2.24. The van der Waals surface area contributed by atoms with Gasteiger partial charge in [0.05, 0.1) is 4.91 Å². The molecule has 0 saturated carbocycles. The summed E-state index contributed by atoms with van der Waals surface area (Å²) in [7, 11) is 0. The number of aliphatic hydroxyl groups is 1.